The second-order valence-corrected chi connectivity index (χ2v) is 5.03. The van der Waals surface area contributed by atoms with Crippen LogP contribution in [-0.4, -0.2) is 19.6 Å². The van der Waals surface area contributed by atoms with E-state index in [1.54, 1.807) is 6.07 Å². The average Bonchev–Trinajstić information content (AvgIpc) is 2.54. The SMILES string of the molecule is COC(CNC(=O)c1ccccc1C(F)(F)F)c1cccc(F)c1. The van der Waals surface area contributed by atoms with Crippen LogP contribution in [0.2, 0.25) is 0 Å². The number of alkyl halides is 3. The maximum atomic E-state index is 13.2. The van der Waals surface area contributed by atoms with Crippen molar-refractivity contribution in [2.24, 2.45) is 0 Å². The molecule has 1 amide bonds. The lowest BCUT2D eigenvalue weighted by Gasteiger charge is -2.18. The van der Waals surface area contributed by atoms with E-state index < -0.39 is 35.1 Å². The molecule has 2 rings (SSSR count). The van der Waals surface area contributed by atoms with Crippen molar-refractivity contribution in [3.63, 3.8) is 0 Å². The monoisotopic (exact) mass is 341 g/mol. The molecular weight excluding hydrogens is 326 g/mol. The van der Waals surface area contributed by atoms with Crippen LogP contribution in [0.5, 0.6) is 0 Å². The minimum atomic E-state index is -4.63. The van der Waals surface area contributed by atoms with Crippen LogP contribution in [0.15, 0.2) is 48.5 Å². The van der Waals surface area contributed by atoms with Crippen molar-refractivity contribution in [3.8, 4) is 0 Å². The molecule has 0 spiro atoms. The first kappa shape index (κ1) is 17.9. The fourth-order valence-corrected chi connectivity index (χ4v) is 2.25. The maximum Gasteiger partial charge on any atom is 0.417 e. The number of ether oxygens (including phenoxy) is 1. The van der Waals surface area contributed by atoms with Crippen LogP contribution in [0, 0.1) is 5.82 Å². The molecule has 24 heavy (non-hydrogen) atoms. The van der Waals surface area contributed by atoms with E-state index in [9.17, 15) is 22.4 Å². The number of hydrogen-bond acceptors (Lipinski definition) is 2. The zero-order valence-electron chi connectivity index (χ0n) is 12.7. The van der Waals surface area contributed by atoms with Gasteiger partial charge in [0, 0.05) is 13.7 Å². The molecule has 0 saturated heterocycles. The third kappa shape index (κ3) is 4.32. The average molecular weight is 341 g/mol. The van der Waals surface area contributed by atoms with Crippen molar-refractivity contribution in [1.82, 2.24) is 5.32 Å². The zero-order valence-corrected chi connectivity index (χ0v) is 12.7. The van der Waals surface area contributed by atoms with Gasteiger partial charge in [0.15, 0.2) is 0 Å². The molecule has 0 heterocycles. The van der Waals surface area contributed by atoms with Gasteiger partial charge in [0.25, 0.3) is 5.91 Å². The van der Waals surface area contributed by atoms with E-state index in [2.05, 4.69) is 5.32 Å². The Hall–Kier alpha value is -2.41. The van der Waals surface area contributed by atoms with Crippen molar-refractivity contribution >= 4 is 5.91 Å². The number of benzene rings is 2. The molecular formula is C17H15F4NO2. The number of methoxy groups -OCH3 is 1. The largest absolute Gasteiger partial charge is 0.417 e. The van der Waals surface area contributed by atoms with Gasteiger partial charge < -0.3 is 10.1 Å². The second-order valence-electron chi connectivity index (χ2n) is 5.03. The number of rotatable bonds is 5. The first-order valence-electron chi connectivity index (χ1n) is 7.05. The molecule has 2 aromatic rings. The molecule has 3 nitrogen and oxygen atoms in total. The van der Waals surface area contributed by atoms with Crippen LogP contribution in [0.3, 0.4) is 0 Å². The van der Waals surface area contributed by atoms with Crippen LogP contribution in [-0.2, 0) is 10.9 Å². The van der Waals surface area contributed by atoms with E-state index in [1.807, 2.05) is 0 Å². The van der Waals surface area contributed by atoms with Crippen molar-refractivity contribution in [3.05, 3.63) is 71.0 Å². The summed E-state index contributed by atoms with van der Waals surface area (Å²) in [6.07, 6.45) is -5.31. The third-order valence-electron chi connectivity index (χ3n) is 3.43. The number of carbonyl (C=O) groups is 1. The Labute approximate surface area is 136 Å². The highest BCUT2D eigenvalue weighted by Gasteiger charge is 2.34. The summed E-state index contributed by atoms with van der Waals surface area (Å²) in [4.78, 5) is 12.1. The summed E-state index contributed by atoms with van der Waals surface area (Å²) < 4.78 is 57.2. The predicted octanol–water partition coefficient (Wildman–Crippen LogP) is 3.96. The van der Waals surface area contributed by atoms with E-state index in [1.165, 1.54) is 37.4 Å². The first-order chi connectivity index (χ1) is 11.3. The minimum Gasteiger partial charge on any atom is -0.375 e. The van der Waals surface area contributed by atoms with Gasteiger partial charge in [-0.15, -0.1) is 0 Å². The van der Waals surface area contributed by atoms with Crippen molar-refractivity contribution < 1.29 is 27.1 Å². The summed E-state index contributed by atoms with van der Waals surface area (Å²) in [6, 6.07) is 10.1. The van der Waals surface area contributed by atoms with E-state index in [0.29, 0.717) is 5.56 Å². The lowest BCUT2D eigenvalue weighted by atomic mass is 10.1. The fourth-order valence-electron chi connectivity index (χ4n) is 2.25. The van der Waals surface area contributed by atoms with Gasteiger partial charge in [0.2, 0.25) is 0 Å². The molecule has 1 unspecified atom stereocenters. The molecule has 0 aliphatic heterocycles. The standard InChI is InChI=1S/C17H15F4NO2/c1-24-15(11-5-4-6-12(18)9-11)10-22-16(23)13-7-2-3-8-14(13)17(19,20)21/h2-9,15H,10H2,1H3,(H,22,23). The summed E-state index contributed by atoms with van der Waals surface area (Å²) in [7, 11) is 1.37. The summed E-state index contributed by atoms with van der Waals surface area (Å²) in [6.45, 7) is -0.0923. The van der Waals surface area contributed by atoms with E-state index >= 15 is 0 Å². The van der Waals surface area contributed by atoms with Crippen LogP contribution < -0.4 is 5.32 Å². The molecule has 0 aliphatic carbocycles. The number of halogens is 4. The molecule has 0 saturated carbocycles. The number of carbonyl (C=O) groups excluding carboxylic acids is 1. The Morgan fingerprint density at radius 2 is 1.88 bits per heavy atom. The van der Waals surface area contributed by atoms with Crippen LogP contribution in [0.1, 0.15) is 27.6 Å². The van der Waals surface area contributed by atoms with Crippen LogP contribution >= 0.6 is 0 Å². The Kier molecular flexibility index (Phi) is 5.56. The van der Waals surface area contributed by atoms with Gasteiger partial charge in [-0.3, -0.25) is 4.79 Å². The topological polar surface area (TPSA) is 38.3 Å². The Bertz CT molecular complexity index is 716. The molecule has 0 aliphatic rings. The summed E-state index contributed by atoms with van der Waals surface area (Å²) in [5, 5.41) is 2.39. The second kappa shape index (κ2) is 7.44. The molecule has 1 atom stereocenters. The Morgan fingerprint density at radius 3 is 2.50 bits per heavy atom. The van der Waals surface area contributed by atoms with Crippen molar-refractivity contribution in [2.45, 2.75) is 12.3 Å². The van der Waals surface area contributed by atoms with E-state index in [0.717, 1.165) is 12.1 Å². The highest BCUT2D eigenvalue weighted by Crippen LogP contribution is 2.31. The molecule has 128 valence electrons. The molecule has 0 aromatic heterocycles. The smallest absolute Gasteiger partial charge is 0.375 e. The van der Waals surface area contributed by atoms with Crippen molar-refractivity contribution in [2.75, 3.05) is 13.7 Å². The highest BCUT2D eigenvalue weighted by atomic mass is 19.4. The summed E-state index contributed by atoms with van der Waals surface area (Å²) in [5.41, 5.74) is -1.01. The Balaban J connectivity index is 2.13. The normalized spacial score (nSPS) is 12.7. The van der Waals surface area contributed by atoms with Gasteiger partial charge in [-0.2, -0.15) is 13.2 Å². The van der Waals surface area contributed by atoms with E-state index in [4.69, 9.17) is 4.74 Å². The first-order valence-corrected chi connectivity index (χ1v) is 7.05. The predicted molar refractivity (Wildman–Crippen MR) is 79.9 cm³/mol. The highest BCUT2D eigenvalue weighted by molar-refractivity contribution is 5.95. The van der Waals surface area contributed by atoms with Gasteiger partial charge >= 0.3 is 6.18 Å². The quantitative estimate of drug-likeness (QED) is 0.836. The lowest BCUT2D eigenvalue weighted by molar-refractivity contribution is -0.137. The molecule has 1 N–H and O–H groups in total. The van der Waals surface area contributed by atoms with Gasteiger partial charge in [-0.1, -0.05) is 24.3 Å². The molecule has 0 fully saturated rings. The van der Waals surface area contributed by atoms with Gasteiger partial charge in [0.1, 0.15) is 5.82 Å². The van der Waals surface area contributed by atoms with Gasteiger partial charge in [-0.25, -0.2) is 4.39 Å². The molecule has 0 bridgehead atoms. The number of nitrogens with one attached hydrogen (secondary N) is 1. The van der Waals surface area contributed by atoms with Crippen molar-refractivity contribution in [1.29, 1.82) is 0 Å². The van der Waals surface area contributed by atoms with Crippen LogP contribution in [0.25, 0.3) is 0 Å². The number of hydrogen-bond donors (Lipinski definition) is 1. The maximum absolute atomic E-state index is 13.2. The third-order valence-corrected chi connectivity index (χ3v) is 3.43. The molecule has 7 heteroatoms. The van der Waals surface area contributed by atoms with Gasteiger partial charge in [-0.05, 0) is 29.8 Å². The lowest BCUT2D eigenvalue weighted by Crippen LogP contribution is -2.30. The van der Waals surface area contributed by atoms with Crippen LogP contribution in [0.4, 0.5) is 17.6 Å². The number of amides is 1. The fraction of sp³-hybridized carbons (Fsp3) is 0.235. The molecule has 0 radical (unpaired) electrons. The Morgan fingerprint density at radius 1 is 1.17 bits per heavy atom. The minimum absolute atomic E-state index is 0.0923. The van der Waals surface area contributed by atoms with E-state index in [-0.39, 0.29) is 6.54 Å². The van der Waals surface area contributed by atoms with Gasteiger partial charge in [0.05, 0.1) is 17.2 Å². The zero-order chi connectivity index (χ0) is 17.7. The molecule has 2 aromatic carbocycles. The summed E-state index contributed by atoms with van der Waals surface area (Å²) in [5.74, 6) is -1.34. The summed E-state index contributed by atoms with van der Waals surface area (Å²) >= 11 is 0.